The monoisotopic (exact) mass is 384 g/mol. The van der Waals surface area contributed by atoms with Crippen LogP contribution in [0.25, 0.3) is 10.8 Å². The molecule has 3 nitrogen and oxygen atoms in total. The molecular formula is C24H20N2OS. The molecule has 0 aliphatic rings. The van der Waals surface area contributed by atoms with E-state index in [-0.39, 0.29) is 0 Å². The summed E-state index contributed by atoms with van der Waals surface area (Å²) < 4.78 is 13.7. The van der Waals surface area contributed by atoms with Gasteiger partial charge in [0.15, 0.2) is 4.90 Å². The average Bonchev–Trinajstić information content (AvgIpc) is 3.11. The van der Waals surface area contributed by atoms with Crippen LogP contribution in [0.5, 0.6) is 0 Å². The van der Waals surface area contributed by atoms with Gasteiger partial charge in [-0.1, -0.05) is 30.0 Å². The van der Waals surface area contributed by atoms with Crippen molar-refractivity contribution in [3.05, 3.63) is 96.1 Å². The van der Waals surface area contributed by atoms with Gasteiger partial charge in [-0.3, -0.25) is 4.98 Å². The second-order valence-corrected chi connectivity index (χ2v) is 8.09. The number of aromatic nitrogens is 2. The molecule has 2 aromatic heterocycles. The third kappa shape index (κ3) is 4.45. The van der Waals surface area contributed by atoms with Crippen LogP contribution in [0.3, 0.4) is 0 Å². The Labute approximate surface area is 168 Å². The van der Waals surface area contributed by atoms with Gasteiger partial charge >= 0.3 is 0 Å². The van der Waals surface area contributed by atoms with E-state index in [1.807, 2.05) is 36.4 Å². The van der Waals surface area contributed by atoms with Crippen LogP contribution in [0, 0.1) is 11.8 Å². The molecule has 4 heteroatoms. The molecule has 0 N–H and O–H groups in total. The fraction of sp³-hybridized carbons (Fsp3) is 0.125. The van der Waals surface area contributed by atoms with Crippen LogP contribution in [0.1, 0.15) is 16.7 Å². The first-order valence-electron chi connectivity index (χ1n) is 9.07. The molecule has 138 valence electrons. The third-order valence-corrected chi connectivity index (χ3v) is 5.53. The second kappa shape index (κ2) is 8.35. The lowest BCUT2D eigenvalue weighted by Gasteiger charge is -2.06. The van der Waals surface area contributed by atoms with Gasteiger partial charge in [0, 0.05) is 48.7 Å². The van der Waals surface area contributed by atoms with Crippen molar-refractivity contribution in [2.75, 3.05) is 6.26 Å². The van der Waals surface area contributed by atoms with Crippen LogP contribution in [0.15, 0.2) is 84.3 Å². The van der Waals surface area contributed by atoms with Gasteiger partial charge < -0.3 is 9.12 Å². The Hall–Kier alpha value is -3.00. The zero-order valence-corrected chi connectivity index (χ0v) is 16.4. The number of rotatable bonds is 4. The first kappa shape index (κ1) is 18.4. The van der Waals surface area contributed by atoms with Gasteiger partial charge in [0.05, 0.1) is 0 Å². The van der Waals surface area contributed by atoms with Crippen molar-refractivity contribution in [2.45, 2.75) is 17.9 Å². The van der Waals surface area contributed by atoms with Gasteiger partial charge in [-0.2, -0.15) is 0 Å². The lowest BCUT2D eigenvalue weighted by Crippen LogP contribution is -1.99. The molecular weight excluding hydrogens is 364 g/mol. The highest BCUT2D eigenvalue weighted by atomic mass is 32.2. The first-order chi connectivity index (χ1) is 13.7. The standard InChI is InChI=1S/C24H20N2OS/c1-28(27)24-9-6-21(7-10-24)16-26-17-22-8-5-20(15-23(22)18-26)4-2-3-19-11-13-25-14-12-19/h5-15,17-18H,3,16H2,1H3. The highest BCUT2D eigenvalue weighted by Gasteiger charge is 2.05. The summed E-state index contributed by atoms with van der Waals surface area (Å²) in [5, 5.41) is 2.38. The fourth-order valence-electron chi connectivity index (χ4n) is 3.11. The summed E-state index contributed by atoms with van der Waals surface area (Å²) in [5.74, 6) is 6.49. The Morgan fingerprint density at radius 2 is 1.68 bits per heavy atom. The normalized spacial score (nSPS) is 11.8. The SMILES string of the molecule is C[S+]([O-])c1ccc(Cn2cc3ccc(C#CCc4ccncc4)cc3c2)cc1. The second-order valence-electron chi connectivity index (χ2n) is 6.71. The minimum absolute atomic E-state index is 0.722. The minimum Gasteiger partial charge on any atom is -0.612 e. The highest BCUT2D eigenvalue weighted by Crippen LogP contribution is 2.19. The van der Waals surface area contributed by atoms with Crippen molar-refractivity contribution in [3.8, 4) is 11.8 Å². The van der Waals surface area contributed by atoms with E-state index in [9.17, 15) is 4.55 Å². The molecule has 1 unspecified atom stereocenters. The number of hydrogen-bond donors (Lipinski definition) is 0. The zero-order valence-electron chi connectivity index (χ0n) is 15.6. The van der Waals surface area contributed by atoms with Crippen LogP contribution < -0.4 is 0 Å². The highest BCUT2D eigenvalue weighted by molar-refractivity contribution is 7.90. The molecule has 0 amide bonds. The van der Waals surface area contributed by atoms with Crippen molar-refractivity contribution < 1.29 is 4.55 Å². The number of pyridine rings is 1. The molecule has 2 aromatic carbocycles. The number of nitrogens with zero attached hydrogens (tertiary/aromatic N) is 2. The maximum Gasteiger partial charge on any atom is 0.152 e. The number of fused-ring (bicyclic) bond motifs is 1. The Bertz CT molecular complexity index is 1140. The molecule has 0 saturated carbocycles. The van der Waals surface area contributed by atoms with E-state index < -0.39 is 11.2 Å². The van der Waals surface area contributed by atoms with Crippen molar-refractivity contribution in [3.63, 3.8) is 0 Å². The topological polar surface area (TPSA) is 40.9 Å². The third-order valence-electron chi connectivity index (χ3n) is 4.59. The van der Waals surface area contributed by atoms with E-state index in [0.29, 0.717) is 0 Å². The lowest BCUT2D eigenvalue weighted by atomic mass is 10.1. The molecule has 0 spiro atoms. The van der Waals surface area contributed by atoms with Crippen LogP contribution in [0.2, 0.25) is 0 Å². The molecule has 0 radical (unpaired) electrons. The lowest BCUT2D eigenvalue weighted by molar-refractivity contribution is 0.601. The predicted molar refractivity (Wildman–Crippen MR) is 115 cm³/mol. The molecule has 1 atom stereocenters. The summed E-state index contributed by atoms with van der Waals surface area (Å²) in [5.41, 5.74) is 3.38. The molecule has 28 heavy (non-hydrogen) atoms. The molecule has 0 aliphatic carbocycles. The molecule has 4 rings (SSSR count). The number of hydrogen-bond acceptors (Lipinski definition) is 2. The maximum absolute atomic E-state index is 11.5. The predicted octanol–water partition coefficient (Wildman–Crippen LogP) is 4.42. The van der Waals surface area contributed by atoms with Gasteiger partial charge in [-0.25, -0.2) is 0 Å². The van der Waals surface area contributed by atoms with Crippen LogP contribution in [-0.2, 0) is 24.1 Å². The largest absolute Gasteiger partial charge is 0.612 e. The summed E-state index contributed by atoms with van der Waals surface area (Å²) in [7, 11) is 0. The van der Waals surface area contributed by atoms with Gasteiger partial charge in [0.2, 0.25) is 0 Å². The van der Waals surface area contributed by atoms with E-state index in [1.54, 1.807) is 18.6 Å². The van der Waals surface area contributed by atoms with Crippen LogP contribution in [0.4, 0.5) is 0 Å². The molecule has 0 saturated heterocycles. The summed E-state index contributed by atoms with van der Waals surface area (Å²) in [6.45, 7) is 0.786. The van der Waals surface area contributed by atoms with E-state index in [1.165, 1.54) is 21.9 Å². The van der Waals surface area contributed by atoms with Gasteiger partial charge in [0.25, 0.3) is 0 Å². The van der Waals surface area contributed by atoms with E-state index in [0.717, 1.165) is 23.4 Å². The quantitative estimate of drug-likeness (QED) is 0.386. The van der Waals surface area contributed by atoms with Crippen LogP contribution in [-0.4, -0.2) is 20.4 Å². The smallest absolute Gasteiger partial charge is 0.152 e. The zero-order chi connectivity index (χ0) is 19.3. The molecule has 0 bridgehead atoms. The molecule has 0 aliphatic heterocycles. The fourth-order valence-corrected chi connectivity index (χ4v) is 3.63. The summed E-state index contributed by atoms with van der Waals surface area (Å²) in [4.78, 5) is 4.88. The summed E-state index contributed by atoms with van der Waals surface area (Å²) in [6, 6.07) is 18.2. The summed E-state index contributed by atoms with van der Waals surface area (Å²) >= 11 is -0.937. The van der Waals surface area contributed by atoms with Crippen molar-refractivity contribution in [1.29, 1.82) is 0 Å². The average molecular weight is 385 g/mol. The van der Waals surface area contributed by atoms with Crippen LogP contribution >= 0.6 is 0 Å². The molecule has 4 aromatic rings. The summed E-state index contributed by atoms with van der Waals surface area (Å²) in [6.07, 6.45) is 10.3. The number of benzene rings is 2. The first-order valence-corrected chi connectivity index (χ1v) is 10.6. The van der Waals surface area contributed by atoms with E-state index in [4.69, 9.17) is 0 Å². The Morgan fingerprint density at radius 3 is 2.43 bits per heavy atom. The van der Waals surface area contributed by atoms with Gasteiger partial charge in [0.1, 0.15) is 6.26 Å². The Balaban J connectivity index is 1.49. The van der Waals surface area contributed by atoms with Crippen molar-refractivity contribution in [1.82, 2.24) is 9.55 Å². The van der Waals surface area contributed by atoms with Crippen molar-refractivity contribution >= 4 is 21.9 Å². The molecule has 2 heterocycles. The van der Waals surface area contributed by atoms with E-state index >= 15 is 0 Å². The Morgan fingerprint density at radius 1 is 0.929 bits per heavy atom. The maximum atomic E-state index is 11.5. The Kier molecular flexibility index (Phi) is 5.48. The minimum atomic E-state index is -0.937. The van der Waals surface area contributed by atoms with Crippen molar-refractivity contribution in [2.24, 2.45) is 0 Å². The molecule has 0 fully saturated rings. The van der Waals surface area contributed by atoms with Gasteiger partial charge in [-0.15, -0.1) is 0 Å². The van der Waals surface area contributed by atoms with E-state index in [2.05, 4.69) is 52.0 Å². The van der Waals surface area contributed by atoms with Gasteiger partial charge in [-0.05, 0) is 64.1 Å².